The van der Waals surface area contributed by atoms with Gasteiger partial charge in [0.05, 0.1) is 18.1 Å². The number of nitrogens with zero attached hydrogens (tertiary/aromatic N) is 3. The molecule has 3 N–H and O–H groups in total. The van der Waals surface area contributed by atoms with Crippen LogP contribution in [0.15, 0.2) is 52.2 Å². The molecule has 0 saturated heterocycles. The van der Waals surface area contributed by atoms with Gasteiger partial charge in [-0.2, -0.15) is 0 Å². The van der Waals surface area contributed by atoms with E-state index in [-0.39, 0.29) is 17.7 Å². The van der Waals surface area contributed by atoms with Crippen LogP contribution in [-0.2, 0) is 4.79 Å². The summed E-state index contributed by atoms with van der Waals surface area (Å²) >= 11 is 7.34. The summed E-state index contributed by atoms with van der Waals surface area (Å²) < 4.78 is 6.55. The Labute approximate surface area is 153 Å². The zero-order valence-electron chi connectivity index (χ0n) is 13.3. The third kappa shape index (κ3) is 3.97. The van der Waals surface area contributed by atoms with Gasteiger partial charge in [-0.3, -0.25) is 4.79 Å². The molecule has 0 unspecified atom stereocenters. The topological polar surface area (TPSA) is 99.0 Å². The van der Waals surface area contributed by atoms with Crippen molar-refractivity contribution in [1.29, 1.82) is 0 Å². The van der Waals surface area contributed by atoms with E-state index >= 15 is 0 Å². The van der Waals surface area contributed by atoms with Crippen LogP contribution in [0.2, 0.25) is 5.02 Å². The van der Waals surface area contributed by atoms with Crippen molar-refractivity contribution in [2.45, 2.75) is 18.1 Å². The maximum atomic E-state index is 12.2. The highest BCUT2D eigenvalue weighted by molar-refractivity contribution is 7.99. The predicted molar refractivity (Wildman–Crippen MR) is 96.6 cm³/mol. The molecule has 9 heteroatoms. The number of carbonyl (C=O) groups is 1. The summed E-state index contributed by atoms with van der Waals surface area (Å²) in [5.41, 5.74) is 0.865. The number of hydrogen-bond acceptors (Lipinski definition) is 6. The van der Waals surface area contributed by atoms with Gasteiger partial charge in [0, 0.05) is 5.02 Å². The van der Waals surface area contributed by atoms with Crippen molar-refractivity contribution in [2.24, 2.45) is 0 Å². The fourth-order valence-corrected chi connectivity index (χ4v) is 3.23. The molecule has 7 nitrogen and oxygen atoms in total. The van der Waals surface area contributed by atoms with Crippen molar-refractivity contribution >= 4 is 29.3 Å². The van der Waals surface area contributed by atoms with Crippen LogP contribution in [0.1, 0.15) is 18.5 Å². The highest BCUT2D eigenvalue weighted by atomic mass is 35.5. The van der Waals surface area contributed by atoms with Crippen molar-refractivity contribution in [3.63, 3.8) is 0 Å². The van der Waals surface area contributed by atoms with E-state index < -0.39 is 0 Å². The largest absolute Gasteiger partial charge is 0.461 e. The lowest BCUT2D eigenvalue weighted by atomic mass is 10.1. The van der Waals surface area contributed by atoms with Gasteiger partial charge in [-0.15, -0.1) is 10.2 Å². The van der Waals surface area contributed by atoms with Crippen molar-refractivity contribution in [2.75, 3.05) is 11.6 Å². The van der Waals surface area contributed by atoms with Crippen LogP contribution in [0.5, 0.6) is 0 Å². The molecule has 1 aromatic carbocycles. The first-order chi connectivity index (χ1) is 12.1. The van der Waals surface area contributed by atoms with Crippen LogP contribution in [0.25, 0.3) is 11.6 Å². The van der Waals surface area contributed by atoms with Gasteiger partial charge in [0.15, 0.2) is 5.76 Å². The van der Waals surface area contributed by atoms with E-state index in [2.05, 4.69) is 15.5 Å². The smallest absolute Gasteiger partial charge is 0.230 e. The quantitative estimate of drug-likeness (QED) is 0.506. The number of nitrogens with two attached hydrogens (primary N) is 1. The summed E-state index contributed by atoms with van der Waals surface area (Å²) in [5.74, 6) is 6.87. The van der Waals surface area contributed by atoms with Crippen LogP contribution in [0.3, 0.4) is 0 Å². The summed E-state index contributed by atoms with van der Waals surface area (Å²) in [7, 11) is 0. The van der Waals surface area contributed by atoms with Gasteiger partial charge in [-0.25, -0.2) is 4.68 Å². The Balaban J connectivity index is 1.59. The third-order valence-corrected chi connectivity index (χ3v) is 4.77. The fourth-order valence-electron chi connectivity index (χ4n) is 2.27. The molecule has 0 saturated carbocycles. The average molecular weight is 378 g/mol. The Kier molecular flexibility index (Phi) is 5.30. The maximum absolute atomic E-state index is 12.2. The van der Waals surface area contributed by atoms with Crippen LogP contribution < -0.4 is 11.2 Å². The van der Waals surface area contributed by atoms with Crippen molar-refractivity contribution in [3.8, 4) is 11.6 Å². The monoisotopic (exact) mass is 377 g/mol. The number of benzene rings is 1. The average Bonchev–Trinajstić information content (AvgIpc) is 3.23. The normalized spacial score (nSPS) is 12.1. The third-order valence-electron chi connectivity index (χ3n) is 3.49. The van der Waals surface area contributed by atoms with Gasteiger partial charge in [-0.05, 0) is 30.7 Å². The zero-order chi connectivity index (χ0) is 17.8. The standard InChI is InChI=1S/C16H16ClN5O2S/c1-10(11-5-2-3-6-12(11)17)19-14(23)9-25-16-21-20-15(22(16)18)13-7-4-8-24-13/h2-8,10H,9,18H2,1H3,(H,19,23)/t10-/m1/s1. The van der Waals surface area contributed by atoms with Gasteiger partial charge in [-0.1, -0.05) is 41.6 Å². The van der Waals surface area contributed by atoms with Gasteiger partial charge >= 0.3 is 0 Å². The molecule has 2 heterocycles. The number of carbonyl (C=O) groups excluding carboxylic acids is 1. The molecule has 0 spiro atoms. The van der Waals surface area contributed by atoms with Crippen molar-refractivity contribution in [3.05, 3.63) is 53.2 Å². The number of aromatic nitrogens is 3. The van der Waals surface area contributed by atoms with Gasteiger partial charge in [0.1, 0.15) is 0 Å². The molecule has 3 aromatic rings. The Bertz CT molecular complexity index is 865. The second kappa shape index (κ2) is 7.62. The van der Waals surface area contributed by atoms with Gasteiger partial charge in [0.25, 0.3) is 0 Å². The molecular weight excluding hydrogens is 362 g/mol. The van der Waals surface area contributed by atoms with E-state index in [0.717, 1.165) is 5.56 Å². The summed E-state index contributed by atoms with van der Waals surface area (Å²) in [6.45, 7) is 1.88. The first-order valence-electron chi connectivity index (χ1n) is 7.47. The van der Waals surface area contributed by atoms with E-state index in [1.54, 1.807) is 18.2 Å². The number of rotatable bonds is 6. The molecule has 3 rings (SSSR count). The molecule has 1 atom stereocenters. The van der Waals surface area contributed by atoms with E-state index in [9.17, 15) is 4.79 Å². The second-order valence-electron chi connectivity index (χ2n) is 5.25. The Hall–Kier alpha value is -2.45. The Morgan fingerprint density at radius 2 is 2.16 bits per heavy atom. The molecule has 0 aliphatic rings. The first kappa shape index (κ1) is 17.4. The summed E-state index contributed by atoms with van der Waals surface area (Å²) in [5, 5.41) is 11.9. The van der Waals surface area contributed by atoms with Gasteiger partial charge < -0.3 is 15.6 Å². The molecule has 0 radical (unpaired) electrons. The number of nitrogen functional groups attached to an aromatic ring is 1. The minimum absolute atomic E-state index is 0.153. The molecule has 0 aliphatic carbocycles. The summed E-state index contributed by atoms with van der Waals surface area (Å²) in [4.78, 5) is 12.2. The SMILES string of the molecule is C[C@@H](NC(=O)CSc1nnc(-c2ccco2)n1N)c1ccccc1Cl. The highest BCUT2D eigenvalue weighted by Crippen LogP contribution is 2.24. The lowest BCUT2D eigenvalue weighted by molar-refractivity contribution is -0.119. The number of nitrogens with one attached hydrogen (secondary N) is 1. The molecule has 2 aromatic heterocycles. The zero-order valence-corrected chi connectivity index (χ0v) is 14.9. The molecule has 0 aliphatic heterocycles. The Morgan fingerprint density at radius 3 is 2.88 bits per heavy atom. The number of amides is 1. The lowest BCUT2D eigenvalue weighted by Crippen LogP contribution is -2.28. The first-order valence-corrected chi connectivity index (χ1v) is 8.83. The van der Waals surface area contributed by atoms with Gasteiger partial charge in [0.2, 0.25) is 16.9 Å². The lowest BCUT2D eigenvalue weighted by Gasteiger charge is -2.15. The number of halogens is 1. The Morgan fingerprint density at radius 1 is 1.36 bits per heavy atom. The second-order valence-corrected chi connectivity index (χ2v) is 6.60. The molecular formula is C16H16ClN5O2S. The maximum Gasteiger partial charge on any atom is 0.230 e. The minimum atomic E-state index is -0.198. The van der Waals surface area contributed by atoms with E-state index in [1.165, 1.54) is 22.7 Å². The summed E-state index contributed by atoms with van der Waals surface area (Å²) in [6.07, 6.45) is 1.53. The van der Waals surface area contributed by atoms with E-state index in [4.69, 9.17) is 21.9 Å². The number of thioether (sulfide) groups is 1. The van der Waals surface area contributed by atoms with Crippen molar-refractivity contribution < 1.29 is 9.21 Å². The van der Waals surface area contributed by atoms with E-state index in [0.29, 0.717) is 21.8 Å². The number of furan rings is 1. The molecule has 0 bridgehead atoms. The minimum Gasteiger partial charge on any atom is -0.461 e. The predicted octanol–water partition coefficient (Wildman–Crippen LogP) is 2.87. The molecule has 130 valence electrons. The fraction of sp³-hybridized carbons (Fsp3) is 0.188. The molecule has 0 fully saturated rings. The van der Waals surface area contributed by atoms with Crippen LogP contribution in [-0.4, -0.2) is 26.5 Å². The highest BCUT2D eigenvalue weighted by Gasteiger charge is 2.17. The van der Waals surface area contributed by atoms with Crippen LogP contribution >= 0.6 is 23.4 Å². The molecule has 1 amide bonds. The van der Waals surface area contributed by atoms with Crippen LogP contribution in [0.4, 0.5) is 0 Å². The summed E-state index contributed by atoms with van der Waals surface area (Å²) in [6, 6.07) is 10.7. The van der Waals surface area contributed by atoms with E-state index in [1.807, 2.05) is 25.1 Å². The number of hydrogen-bond donors (Lipinski definition) is 2. The molecule has 25 heavy (non-hydrogen) atoms. The van der Waals surface area contributed by atoms with Crippen molar-refractivity contribution in [1.82, 2.24) is 20.2 Å². The van der Waals surface area contributed by atoms with Crippen LogP contribution in [0, 0.1) is 0 Å².